The van der Waals surface area contributed by atoms with Crippen LogP contribution in [0.2, 0.25) is 0 Å². The Balaban J connectivity index is 1.95. The molecule has 4 rings (SSSR count). The molecule has 21 heavy (non-hydrogen) atoms. The van der Waals surface area contributed by atoms with Gasteiger partial charge in [-0.05, 0) is 53.3 Å². The summed E-state index contributed by atoms with van der Waals surface area (Å²) in [5.74, 6) is 0. The normalized spacial score (nSPS) is 11.3. The molecule has 102 valence electrons. The Morgan fingerprint density at radius 1 is 0.952 bits per heavy atom. The molecule has 3 nitrogen and oxygen atoms in total. The first-order valence-electron chi connectivity index (χ1n) is 6.83. The molecule has 0 saturated heterocycles. The Morgan fingerprint density at radius 2 is 1.76 bits per heavy atom. The third-order valence-corrected chi connectivity index (χ3v) is 3.84. The van der Waals surface area contributed by atoms with Gasteiger partial charge in [0.15, 0.2) is 0 Å². The highest BCUT2D eigenvalue weighted by atomic mass is 16.4. The molecule has 0 aliphatic carbocycles. The fourth-order valence-corrected chi connectivity index (χ4v) is 2.74. The number of rotatable bonds is 1. The van der Waals surface area contributed by atoms with Gasteiger partial charge in [0.05, 0.1) is 0 Å². The molecule has 3 heteroatoms. The van der Waals surface area contributed by atoms with Gasteiger partial charge in [-0.1, -0.05) is 18.2 Å². The van der Waals surface area contributed by atoms with Crippen LogP contribution in [0.15, 0.2) is 63.9 Å². The fraction of sp³-hybridized carbons (Fsp3) is 0.0556. The summed E-state index contributed by atoms with van der Waals surface area (Å²) in [6.45, 7) is 1.92. The first-order valence-corrected chi connectivity index (χ1v) is 6.83. The Labute approximate surface area is 120 Å². The van der Waals surface area contributed by atoms with Crippen LogP contribution in [0.1, 0.15) is 5.56 Å². The van der Waals surface area contributed by atoms with E-state index >= 15 is 0 Å². The summed E-state index contributed by atoms with van der Waals surface area (Å²) in [4.78, 5) is 14.7. The molecule has 0 aliphatic rings. The van der Waals surface area contributed by atoms with Crippen LogP contribution >= 0.6 is 0 Å². The standard InChI is InChI=1S/C18H13NO2/c1-11-8-18(20)21-17-10-13(2-4-15(11)17)12-3-5-16-14(9-12)6-7-19-16/h2-10,19H,1H3. The number of H-pyrrole nitrogens is 1. The molecule has 0 saturated carbocycles. The minimum Gasteiger partial charge on any atom is -0.423 e. The van der Waals surface area contributed by atoms with Crippen LogP contribution in [-0.2, 0) is 0 Å². The van der Waals surface area contributed by atoms with Crippen LogP contribution in [0.5, 0.6) is 0 Å². The number of nitrogens with one attached hydrogen (secondary N) is 1. The Hall–Kier alpha value is -2.81. The van der Waals surface area contributed by atoms with Gasteiger partial charge in [0.2, 0.25) is 0 Å². The van der Waals surface area contributed by atoms with Crippen molar-refractivity contribution in [3.05, 3.63) is 70.7 Å². The molecule has 0 unspecified atom stereocenters. The van der Waals surface area contributed by atoms with Gasteiger partial charge < -0.3 is 9.40 Å². The zero-order valence-electron chi connectivity index (χ0n) is 11.5. The lowest BCUT2D eigenvalue weighted by Gasteiger charge is -2.05. The smallest absolute Gasteiger partial charge is 0.336 e. The number of hydrogen-bond acceptors (Lipinski definition) is 2. The predicted molar refractivity (Wildman–Crippen MR) is 84.5 cm³/mol. The summed E-state index contributed by atoms with van der Waals surface area (Å²) in [5.41, 5.74) is 4.52. The predicted octanol–water partition coefficient (Wildman–Crippen LogP) is 4.25. The Bertz CT molecular complexity index is 1020. The molecule has 0 aliphatic heterocycles. The monoisotopic (exact) mass is 275 g/mol. The Morgan fingerprint density at radius 3 is 2.67 bits per heavy atom. The van der Waals surface area contributed by atoms with Crippen LogP contribution in [-0.4, -0.2) is 4.98 Å². The van der Waals surface area contributed by atoms with Crippen LogP contribution in [0, 0.1) is 6.92 Å². The maximum Gasteiger partial charge on any atom is 0.336 e. The second kappa shape index (κ2) is 4.35. The molecule has 2 aromatic heterocycles. The number of fused-ring (bicyclic) bond motifs is 2. The highest BCUT2D eigenvalue weighted by Gasteiger charge is 2.06. The lowest BCUT2D eigenvalue weighted by atomic mass is 10.0. The highest BCUT2D eigenvalue weighted by Crippen LogP contribution is 2.27. The van der Waals surface area contributed by atoms with Crippen molar-refractivity contribution in [3.8, 4) is 11.1 Å². The van der Waals surface area contributed by atoms with E-state index in [0.29, 0.717) is 5.58 Å². The zero-order valence-corrected chi connectivity index (χ0v) is 11.5. The molecule has 2 aromatic carbocycles. The summed E-state index contributed by atoms with van der Waals surface area (Å²) in [7, 11) is 0. The quantitative estimate of drug-likeness (QED) is 0.528. The van der Waals surface area contributed by atoms with Crippen molar-refractivity contribution >= 4 is 21.9 Å². The van der Waals surface area contributed by atoms with E-state index in [1.54, 1.807) is 0 Å². The summed E-state index contributed by atoms with van der Waals surface area (Å²) in [6.07, 6.45) is 1.93. The molecular formula is C18H13NO2. The molecule has 0 atom stereocenters. The molecule has 4 aromatic rings. The van der Waals surface area contributed by atoms with E-state index in [9.17, 15) is 4.79 Å². The van der Waals surface area contributed by atoms with Crippen molar-refractivity contribution in [2.75, 3.05) is 0 Å². The first-order chi connectivity index (χ1) is 10.2. The van der Waals surface area contributed by atoms with Crippen molar-refractivity contribution in [1.82, 2.24) is 4.98 Å². The molecule has 1 N–H and O–H groups in total. The number of aromatic nitrogens is 1. The maximum atomic E-state index is 11.5. The van der Waals surface area contributed by atoms with Gasteiger partial charge in [-0.25, -0.2) is 4.79 Å². The van der Waals surface area contributed by atoms with Crippen LogP contribution in [0.25, 0.3) is 33.0 Å². The van der Waals surface area contributed by atoms with Crippen LogP contribution < -0.4 is 5.63 Å². The second-order valence-electron chi connectivity index (χ2n) is 5.24. The van der Waals surface area contributed by atoms with E-state index in [-0.39, 0.29) is 5.63 Å². The van der Waals surface area contributed by atoms with Crippen molar-refractivity contribution in [3.63, 3.8) is 0 Å². The molecular weight excluding hydrogens is 262 g/mol. The van der Waals surface area contributed by atoms with Gasteiger partial charge in [-0.2, -0.15) is 0 Å². The number of hydrogen-bond donors (Lipinski definition) is 1. The summed E-state index contributed by atoms with van der Waals surface area (Å²) >= 11 is 0. The third-order valence-electron chi connectivity index (χ3n) is 3.84. The van der Waals surface area contributed by atoms with Crippen molar-refractivity contribution < 1.29 is 4.42 Å². The minimum absolute atomic E-state index is 0.307. The maximum absolute atomic E-state index is 11.5. The van der Waals surface area contributed by atoms with Gasteiger partial charge in [0.1, 0.15) is 5.58 Å². The largest absolute Gasteiger partial charge is 0.423 e. The number of benzene rings is 2. The zero-order chi connectivity index (χ0) is 14.4. The Kier molecular flexibility index (Phi) is 2.48. The van der Waals surface area contributed by atoms with Crippen molar-refractivity contribution in [2.45, 2.75) is 6.92 Å². The first kappa shape index (κ1) is 12.0. The molecule has 2 heterocycles. The lowest BCUT2D eigenvalue weighted by molar-refractivity contribution is 0.560. The van der Waals surface area contributed by atoms with Gasteiger partial charge in [-0.15, -0.1) is 0 Å². The molecule has 0 bridgehead atoms. The topological polar surface area (TPSA) is 46.0 Å². The summed E-state index contributed by atoms with van der Waals surface area (Å²) < 4.78 is 5.32. The number of aryl methyl sites for hydroxylation is 1. The van der Waals surface area contributed by atoms with Gasteiger partial charge in [-0.3, -0.25) is 0 Å². The van der Waals surface area contributed by atoms with Gasteiger partial charge in [0, 0.05) is 23.2 Å². The van der Waals surface area contributed by atoms with E-state index in [1.165, 1.54) is 11.5 Å². The van der Waals surface area contributed by atoms with Crippen LogP contribution in [0.3, 0.4) is 0 Å². The lowest BCUT2D eigenvalue weighted by Crippen LogP contribution is -1.97. The average molecular weight is 275 g/mol. The van der Waals surface area contributed by atoms with Crippen molar-refractivity contribution in [2.24, 2.45) is 0 Å². The van der Waals surface area contributed by atoms with E-state index in [0.717, 1.165) is 27.6 Å². The summed E-state index contributed by atoms with van der Waals surface area (Å²) in [5, 5.41) is 2.14. The molecule has 0 amide bonds. The molecule has 0 radical (unpaired) electrons. The number of aromatic amines is 1. The van der Waals surface area contributed by atoms with E-state index in [4.69, 9.17) is 4.42 Å². The van der Waals surface area contributed by atoms with E-state index in [1.807, 2.05) is 31.3 Å². The molecule has 0 fully saturated rings. The van der Waals surface area contributed by atoms with Gasteiger partial charge >= 0.3 is 5.63 Å². The summed E-state index contributed by atoms with van der Waals surface area (Å²) in [6, 6.07) is 15.8. The second-order valence-corrected chi connectivity index (χ2v) is 5.24. The van der Waals surface area contributed by atoms with E-state index < -0.39 is 0 Å². The minimum atomic E-state index is -0.307. The van der Waals surface area contributed by atoms with Gasteiger partial charge in [0.25, 0.3) is 0 Å². The SMILES string of the molecule is Cc1cc(=O)oc2cc(-c3ccc4[nH]ccc4c3)ccc12. The average Bonchev–Trinajstić information content (AvgIpc) is 2.93. The van der Waals surface area contributed by atoms with E-state index in [2.05, 4.69) is 29.2 Å². The highest BCUT2D eigenvalue weighted by molar-refractivity contribution is 5.89. The van der Waals surface area contributed by atoms with Crippen molar-refractivity contribution in [1.29, 1.82) is 0 Å². The molecule has 0 spiro atoms. The fourth-order valence-electron chi connectivity index (χ4n) is 2.74. The van der Waals surface area contributed by atoms with Crippen LogP contribution in [0.4, 0.5) is 0 Å². The third kappa shape index (κ3) is 1.94.